The fourth-order valence-corrected chi connectivity index (χ4v) is 1.40. The summed E-state index contributed by atoms with van der Waals surface area (Å²) in [6, 6.07) is 1.80. The number of hydrogen-bond donors (Lipinski definition) is 2. The van der Waals surface area contributed by atoms with E-state index in [0.29, 0.717) is 19.5 Å². The SMILES string of the molecule is CC(CNC(=O)CCn1cccn1)CC(=O)O. The summed E-state index contributed by atoms with van der Waals surface area (Å²) in [6.07, 6.45) is 3.87. The fourth-order valence-electron chi connectivity index (χ4n) is 1.40. The molecule has 1 amide bonds. The highest BCUT2D eigenvalue weighted by molar-refractivity contribution is 5.75. The molecule has 0 fully saturated rings. The summed E-state index contributed by atoms with van der Waals surface area (Å²) < 4.78 is 1.68. The van der Waals surface area contributed by atoms with Gasteiger partial charge in [0.25, 0.3) is 0 Å². The van der Waals surface area contributed by atoms with Crippen LogP contribution in [0.3, 0.4) is 0 Å². The number of carbonyl (C=O) groups is 2. The van der Waals surface area contributed by atoms with E-state index in [1.54, 1.807) is 30.1 Å². The lowest BCUT2D eigenvalue weighted by atomic mass is 10.1. The standard InChI is InChI=1S/C11H17N3O3/c1-9(7-11(16)17)8-12-10(15)3-6-14-5-2-4-13-14/h2,4-5,9H,3,6-8H2,1H3,(H,12,15)(H,16,17). The number of rotatable bonds is 7. The maximum absolute atomic E-state index is 11.4. The first kappa shape index (κ1) is 13.2. The average Bonchev–Trinajstić information content (AvgIpc) is 2.75. The zero-order valence-corrected chi connectivity index (χ0v) is 9.80. The van der Waals surface area contributed by atoms with Gasteiger partial charge < -0.3 is 10.4 Å². The van der Waals surface area contributed by atoms with Gasteiger partial charge in [-0.25, -0.2) is 0 Å². The van der Waals surface area contributed by atoms with Gasteiger partial charge >= 0.3 is 5.97 Å². The number of nitrogens with zero attached hydrogens (tertiary/aromatic N) is 2. The Morgan fingerprint density at radius 3 is 2.88 bits per heavy atom. The first-order chi connectivity index (χ1) is 8.08. The summed E-state index contributed by atoms with van der Waals surface area (Å²) >= 11 is 0. The van der Waals surface area contributed by atoms with Gasteiger partial charge in [0.05, 0.1) is 0 Å². The smallest absolute Gasteiger partial charge is 0.303 e. The van der Waals surface area contributed by atoms with Gasteiger partial charge in [-0.15, -0.1) is 0 Å². The van der Waals surface area contributed by atoms with Crippen molar-refractivity contribution in [3.63, 3.8) is 0 Å². The minimum Gasteiger partial charge on any atom is -0.481 e. The van der Waals surface area contributed by atoms with Crippen molar-refractivity contribution < 1.29 is 14.7 Å². The zero-order chi connectivity index (χ0) is 12.7. The average molecular weight is 239 g/mol. The highest BCUT2D eigenvalue weighted by Gasteiger charge is 2.09. The molecule has 94 valence electrons. The molecule has 0 bridgehead atoms. The normalized spacial score (nSPS) is 12.1. The quantitative estimate of drug-likeness (QED) is 0.725. The van der Waals surface area contributed by atoms with E-state index in [2.05, 4.69) is 10.4 Å². The van der Waals surface area contributed by atoms with E-state index < -0.39 is 5.97 Å². The topological polar surface area (TPSA) is 84.2 Å². The first-order valence-corrected chi connectivity index (χ1v) is 5.54. The molecule has 1 heterocycles. The number of carboxylic acids is 1. The Balaban J connectivity index is 2.15. The van der Waals surface area contributed by atoms with Crippen LogP contribution in [0.1, 0.15) is 19.8 Å². The molecule has 6 heteroatoms. The van der Waals surface area contributed by atoms with E-state index in [4.69, 9.17) is 5.11 Å². The van der Waals surface area contributed by atoms with Crippen LogP contribution < -0.4 is 5.32 Å². The van der Waals surface area contributed by atoms with E-state index in [-0.39, 0.29) is 18.2 Å². The van der Waals surface area contributed by atoms with Crippen LogP contribution in [-0.4, -0.2) is 33.3 Å². The van der Waals surface area contributed by atoms with Crippen LogP contribution in [0.25, 0.3) is 0 Å². The van der Waals surface area contributed by atoms with Crippen molar-refractivity contribution in [3.05, 3.63) is 18.5 Å². The number of amides is 1. The van der Waals surface area contributed by atoms with Gasteiger partial charge in [0, 0.05) is 38.3 Å². The molecule has 1 atom stereocenters. The number of aryl methyl sites for hydroxylation is 1. The Bertz CT molecular complexity index is 362. The maximum atomic E-state index is 11.4. The summed E-state index contributed by atoms with van der Waals surface area (Å²) in [7, 11) is 0. The lowest BCUT2D eigenvalue weighted by molar-refractivity contribution is -0.138. The van der Waals surface area contributed by atoms with Crippen LogP contribution in [0.4, 0.5) is 0 Å². The Morgan fingerprint density at radius 1 is 1.53 bits per heavy atom. The van der Waals surface area contributed by atoms with Gasteiger partial charge in [0.2, 0.25) is 5.91 Å². The molecule has 0 saturated heterocycles. The van der Waals surface area contributed by atoms with E-state index in [0.717, 1.165) is 0 Å². The van der Waals surface area contributed by atoms with Crippen molar-refractivity contribution in [2.45, 2.75) is 26.3 Å². The van der Waals surface area contributed by atoms with Crippen molar-refractivity contribution in [2.24, 2.45) is 5.92 Å². The van der Waals surface area contributed by atoms with Crippen LogP contribution in [0.15, 0.2) is 18.5 Å². The molecule has 1 rings (SSSR count). The molecule has 0 aliphatic heterocycles. The predicted octanol–water partition coefficient (Wildman–Crippen LogP) is 0.500. The van der Waals surface area contributed by atoms with Crippen LogP contribution in [0.5, 0.6) is 0 Å². The van der Waals surface area contributed by atoms with Crippen molar-refractivity contribution >= 4 is 11.9 Å². The van der Waals surface area contributed by atoms with E-state index in [1.807, 2.05) is 0 Å². The van der Waals surface area contributed by atoms with Crippen molar-refractivity contribution in [1.29, 1.82) is 0 Å². The number of carbonyl (C=O) groups excluding carboxylic acids is 1. The van der Waals surface area contributed by atoms with Gasteiger partial charge in [-0.3, -0.25) is 14.3 Å². The Morgan fingerprint density at radius 2 is 2.29 bits per heavy atom. The minimum atomic E-state index is -0.844. The Labute approximate surface area is 99.6 Å². The largest absolute Gasteiger partial charge is 0.481 e. The predicted molar refractivity (Wildman–Crippen MR) is 61.3 cm³/mol. The van der Waals surface area contributed by atoms with Gasteiger partial charge in [-0.2, -0.15) is 5.10 Å². The molecule has 2 N–H and O–H groups in total. The van der Waals surface area contributed by atoms with E-state index in [1.165, 1.54) is 0 Å². The second-order valence-electron chi connectivity index (χ2n) is 4.03. The van der Waals surface area contributed by atoms with E-state index in [9.17, 15) is 9.59 Å². The number of hydrogen-bond acceptors (Lipinski definition) is 3. The lowest BCUT2D eigenvalue weighted by Crippen LogP contribution is -2.29. The third-order valence-electron chi connectivity index (χ3n) is 2.30. The second-order valence-corrected chi connectivity index (χ2v) is 4.03. The molecule has 1 aromatic rings. The second kappa shape index (κ2) is 6.67. The van der Waals surface area contributed by atoms with E-state index >= 15 is 0 Å². The van der Waals surface area contributed by atoms with Crippen molar-refractivity contribution in [1.82, 2.24) is 15.1 Å². The molecule has 1 unspecified atom stereocenters. The molecule has 0 radical (unpaired) electrons. The third-order valence-corrected chi connectivity index (χ3v) is 2.30. The Hall–Kier alpha value is -1.85. The monoisotopic (exact) mass is 239 g/mol. The van der Waals surface area contributed by atoms with Crippen LogP contribution >= 0.6 is 0 Å². The highest BCUT2D eigenvalue weighted by atomic mass is 16.4. The fraction of sp³-hybridized carbons (Fsp3) is 0.545. The molecule has 1 aromatic heterocycles. The Kier molecular flexibility index (Phi) is 5.19. The molecule has 0 saturated carbocycles. The minimum absolute atomic E-state index is 0.0545. The molecule has 17 heavy (non-hydrogen) atoms. The number of nitrogens with one attached hydrogen (secondary N) is 1. The van der Waals surface area contributed by atoms with Crippen molar-refractivity contribution in [3.8, 4) is 0 Å². The number of carboxylic acid groups (broad SMARTS) is 1. The molecule has 0 aromatic carbocycles. The summed E-state index contributed by atoms with van der Waals surface area (Å²) in [5.41, 5.74) is 0. The van der Waals surface area contributed by atoms with Gasteiger partial charge in [-0.1, -0.05) is 6.92 Å². The lowest BCUT2D eigenvalue weighted by Gasteiger charge is -2.10. The highest BCUT2D eigenvalue weighted by Crippen LogP contribution is 1.99. The molecule has 6 nitrogen and oxygen atoms in total. The van der Waals surface area contributed by atoms with Crippen LogP contribution in [0.2, 0.25) is 0 Å². The molecule has 0 aliphatic carbocycles. The van der Waals surface area contributed by atoms with Gasteiger partial charge in [0.1, 0.15) is 0 Å². The maximum Gasteiger partial charge on any atom is 0.303 e. The molecular formula is C11H17N3O3. The number of aliphatic carboxylic acids is 1. The third kappa shape index (κ3) is 5.70. The first-order valence-electron chi connectivity index (χ1n) is 5.54. The summed E-state index contributed by atoms with van der Waals surface area (Å²) in [4.78, 5) is 21.8. The van der Waals surface area contributed by atoms with Gasteiger partial charge in [0.15, 0.2) is 0 Å². The zero-order valence-electron chi connectivity index (χ0n) is 9.80. The number of aromatic nitrogens is 2. The van der Waals surface area contributed by atoms with Crippen LogP contribution in [0, 0.1) is 5.92 Å². The summed E-state index contributed by atoms with van der Waals surface area (Å²) in [6.45, 7) is 2.72. The summed E-state index contributed by atoms with van der Waals surface area (Å²) in [5.74, 6) is -0.984. The molecular weight excluding hydrogens is 222 g/mol. The van der Waals surface area contributed by atoms with Gasteiger partial charge in [-0.05, 0) is 12.0 Å². The molecule has 0 aliphatic rings. The molecule has 0 spiro atoms. The van der Waals surface area contributed by atoms with Crippen LogP contribution in [-0.2, 0) is 16.1 Å². The summed E-state index contributed by atoms with van der Waals surface area (Å²) in [5, 5.41) is 15.2. The van der Waals surface area contributed by atoms with Crippen molar-refractivity contribution in [2.75, 3.05) is 6.54 Å².